The number of hydrogen-bond acceptors (Lipinski definition) is 4. The van der Waals surface area contributed by atoms with E-state index < -0.39 is 0 Å². The fourth-order valence-corrected chi connectivity index (χ4v) is 30.3. The van der Waals surface area contributed by atoms with E-state index in [9.17, 15) is 0 Å². The number of rotatable bonds is 20. The molecule has 0 aromatic rings. The van der Waals surface area contributed by atoms with Gasteiger partial charge < -0.3 is 22.7 Å². The molecule has 2 aliphatic rings. The van der Waals surface area contributed by atoms with E-state index in [1.165, 1.54) is 0 Å². The molecule has 470 valence electrons. The van der Waals surface area contributed by atoms with E-state index in [2.05, 4.69) is 255 Å². The molecule has 4 unspecified atom stereocenters. The molecule has 0 bridgehead atoms. The van der Waals surface area contributed by atoms with Gasteiger partial charge in [-0.25, -0.2) is 0 Å². The summed E-state index contributed by atoms with van der Waals surface area (Å²) in [5, 5.41) is 10.5. The third kappa shape index (κ3) is 40.4. The monoisotopic (exact) mass is 1390 g/mol. The molecule has 0 aromatic carbocycles. The van der Waals surface area contributed by atoms with Gasteiger partial charge in [0.25, 0.3) is 0 Å². The summed E-state index contributed by atoms with van der Waals surface area (Å²) in [5.74, 6) is 5.66. The maximum atomic E-state index is 7.75. The van der Waals surface area contributed by atoms with Crippen LogP contribution in [0.15, 0.2) is 22.4 Å². The van der Waals surface area contributed by atoms with Gasteiger partial charge in [-0.15, -0.1) is 0 Å². The van der Waals surface area contributed by atoms with Crippen molar-refractivity contribution in [1.82, 2.24) is 0 Å². The van der Waals surface area contributed by atoms with E-state index in [0.29, 0.717) is 71.3 Å². The molecule has 4 nitrogen and oxygen atoms in total. The molecular weight excluding hydrogens is 1250 g/mol. The average molecular weight is 1390 g/mol. The summed E-state index contributed by atoms with van der Waals surface area (Å²) < 4.78 is 0. The van der Waals surface area contributed by atoms with E-state index >= 15 is 0 Å². The standard InChI is InChI=1S/C28H48N2.4C9H21P.2CHO.2ClH.2Ru/c1-11-21-13-23(17(3)4)27(24(14-21)18(5)6)29-30-28-25(19(7)8)15-22(12-2)16-26(28)20(9)10;4*1-7(2)10(8(3)4)9(5)6;2*1-2;;;;/h1-2,11-12,17-28H,13-16H2,3-10H3;4*7-9H,1-6H3;2*1H;2*1H;;/q-2;;;;;2*-1;;;2*+3/p+2. The van der Waals surface area contributed by atoms with Crippen LogP contribution in [0.1, 0.15) is 247 Å². The van der Waals surface area contributed by atoms with Crippen molar-refractivity contribution in [3.8, 4) is 0 Å². The minimum absolute atomic E-state index is 0.0957. The van der Waals surface area contributed by atoms with Gasteiger partial charge in [-0.2, -0.15) is 10.2 Å². The first-order valence-electron chi connectivity index (χ1n) is 30.7. The van der Waals surface area contributed by atoms with Crippen LogP contribution in [0.5, 0.6) is 0 Å². The van der Waals surface area contributed by atoms with E-state index in [1.54, 1.807) is 0 Å². The summed E-state index contributed by atoms with van der Waals surface area (Å²) in [5.41, 5.74) is 11.2. The van der Waals surface area contributed by atoms with Crippen LogP contribution in [0, 0.1) is 72.3 Å². The maximum absolute atomic E-state index is 7.75. The van der Waals surface area contributed by atoms with Gasteiger partial charge in [0.2, 0.25) is 0 Å². The van der Waals surface area contributed by atoms with Crippen molar-refractivity contribution in [1.29, 1.82) is 0 Å². The summed E-state index contributed by atoms with van der Waals surface area (Å²) in [7, 11) is 8.76. The number of halogens is 2. The average Bonchev–Trinajstić information content (AvgIpc) is 3.31. The second-order valence-electron chi connectivity index (χ2n) is 27.5. The normalized spacial score (nSPS) is 21.4. The molecule has 2 rings (SSSR count). The van der Waals surface area contributed by atoms with Crippen molar-refractivity contribution in [2.45, 2.75) is 327 Å². The van der Waals surface area contributed by atoms with Crippen LogP contribution in [-0.4, -0.2) is 93.6 Å². The summed E-state index contributed by atoms with van der Waals surface area (Å²) in [6, 6.07) is 0.640. The van der Waals surface area contributed by atoms with Crippen LogP contribution >= 0.6 is 51.1 Å². The van der Waals surface area contributed by atoms with E-state index in [0.717, 1.165) is 93.6 Å². The number of nitrogens with zero attached hydrogens (tertiary/aromatic N) is 2. The Morgan fingerprint density at radius 1 is 0.308 bits per heavy atom. The SMILES string of the molecule is CC(C)[PH+](C(C)C)C(C)C.CC(C)[PH+](C(C)C)C(C)C.CC(C)[PH+](C(C)C)C(C)C.CC(C)[PH+](C(C)C)C(C)C.[CH-]=CC1CC(C(C)C)C(N=NC2C(C(C)C)CC(C=[CH-])CC2C(C)C)C(C(C)C)C1.[CH-]=O.[CH-]=O.[Cl][Ru+2].[Cl][Ru+2]. The van der Waals surface area contributed by atoms with Crippen LogP contribution < -0.4 is 0 Å². The minimum atomic E-state index is -0.0957. The molecule has 0 N–H and O–H groups in total. The Kier molecular flexibility index (Phi) is 65.3. The second kappa shape index (κ2) is 54.4. The molecule has 0 heterocycles. The van der Waals surface area contributed by atoms with Crippen molar-refractivity contribution in [3.05, 3.63) is 25.3 Å². The second-order valence-corrected chi connectivity index (χ2v) is 45.4. The van der Waals surface area contributed by atoms with Crippen molar-refractivity contribution >= 4 is 64.6 Å². The fraction of sp³-hybridized carbons (Fsp3) is 0.909. The third-order valence-corrected chi connectivity index (χ3v) is 32.4. The van der Waals surface area contributed by atoms with E-state index in [4.69, 9.17) is 33.0 Å². The molecule has 0 aliphatic heterocycles. The quantitative estimate of drug-likeness (QED) is 0.0401. The molecule has 78 heavy (non-hydrogen) atoms. The van der Waals surface area contributed by atoms with Crippen molar-refractivity contribution in [3.63, 3.8) is 0 Å². The zero-order valence-corrected chi connectivity index (χ0v) is 66.3. The summed E-state index contributed by atoms with van der Waals surface area (Å²) in [6.45, 7) is 94.1. The molecule has 2 aliphatic carbocycles. The van der Waals surface area contributed by atoms with Gasteiger partial charge in [-0.1, -0.05) is 67.2 Å². The predicted octanol–water partition coefficient (Wildman–Crippen LogP) is 22.6. The Labute approximate surface area is 526 Å². The van der Waals surface area contributed by atoms with Crippen LogP contribution in [0.25, 0.3) is 0 Å². The predicted molar refractivity (Wildman–Crippen MR) is 369 cm³/mol. The topological polar surface area (TPSA) is 58.9 Å². The van der Waals surface area contributed by atoms with Crippen LogP contribution in [-0.2, 0) is 44.2 Å². The Morgan fingerprint density at radius 3 is 0.487 bits per heavy atom. The van der Waals surface area contributed by atoms with Crippen LogP contribution in [0.2, 0.25) is 0 Å². The van der Waals surface area contributed by atoms with Gasteiger partial charge >= 0.3 is 54.0 Å². The van der Waals surface area contributed by atoms with E-state index in [1.807, 2.05) is 46.8 Å². The Morgan fingerprint density at radius 2 is 0.423 bits per heavy atom. The number of azo groups is 1. The first kappa shape index (κ1) is 93.7. The number of carbonyl (C=O) groups excluding carboxylic acids is 2. The molecule has 4 atom stereocenters. The molecule has 2 saturated carbocycles. The molecule has 0 radical (unpaired) electrons. The van der Waals surface area contributed by atoms with Gasteiger partial charge in [-0.05, 0) is 239 Å². The van der Waals surface area contributed by atoms with Gasteiger partial charge in [0.1, 0.15) is 0 Å². The van der Waals surface area contributed by atoms with Crippen LogP contribution in [0.3, 0.4) is 0 Å². The van der Waals surface area contributed by atoms with Crippen molar-refractivity contribution in [2.24, 2.45) is 69.4 Å². The van der Waals surface area contributed by atoms with Gasteiger partial charge in [0, 0.05) is 31.7 Å². The van der Waals surface area contributed by atoms with E-state index in [-0.39, 0.29) is 31.7 Å². The third-order valence-electron chi connectivity index (χ3n) is 16.4. The summed E-state index contributed by atoms with van der Waals surface area (Å²) in [6.07, 6.45) is 8.47. The van der Waals surface area contributed by atoms with Gasteiger partial charge in [0.05, 0.1) is 80.0 Å². The summed E-state index contributed by atoms with van der Waals surface area (Å²) >= 11 is 3.64. The molecule has 0 amide bonds. The molecule has 0 aromatic heterocycles. The van der Waals surface area contributed by atoms with Crippen LogP contribution in [0.4, 0.5) is 0 Å². The molecular formula is C66H138Cl2N2O2P4Ru2+4. The van der Waals surface area contributed by atoms with Crippen molar-refractivity contribution < 1.29 is 44.2 Å². The summed E-state index contributed by atoms with van der Waals surface area (Å²) in [4.78, 5) is 15.5. The first-order valence-corrected chi connectivity index (χ1v) is 42.1. The Balaban J connectivity index is -0.000000174. The number of allylic oxidation sites excluding steroid dienone is 2. The number of hydrogen-bond donors (Lipinski definition) is 0. The van der Waals surface area contributed by atoms with Gasteiger partial charge in [0.15, 0.2) is 0 Å². The zero-order valence-electron chi connectivity index (χ0n) is 57.3. The molecule has 0 spiro atoms. The van der Waals surface area contributed by atoms with Gasteiger partial charge in [-0.3, -0.25) is 25.7 Å². The molecule has 0 saturated heterocycles. The first-order chi connectivity index (χ1) is 36.0. The zero-order chi connectivity index (χ0) is 63.8. The Hall–Kier alpha value is 1.97. The molecule has 12 heteroatoms. The fourth-order valence-electron chi connectivity index (χ4n) is 14.3. The Bertz CT molecular complexity index is 1120. The van der Waals surface area contributed by atoms with Crippen molar-refractivity contribution in [2.75, 3.05) is 0 Å². The molecule has 2 fully saturated rings.